The minimum absolute atomic E-state index is 0.00523. The van der Waals surface area contributed by atoms with Gasteiger partial charge in [0.25, 0.3) is 0 Å². The number of aliphatic hydroxyl groups is 2. The van der Waals surface area contributed by atoms with Crippen LogP contribution in [0.3, 0.4) is 0 Å². The normalized spacial score (nSPS) is 45.7. The number of esters is 1. The number of Topliss-reactive ketones (excluding diaryl/α,β-unsaturated/α-hetero) is 1. The number of carbonyl (C=O) groups excluding carboxylic acids is 3. The number of hydrogen-bond acceptors (Lipinski definition) is 6. The highest BCUT2D eigenvalue weighted by Gasteiger charge is 2.70. The molecule has 4 aliphatic rings. The Labute approximate surface area is 171 Å². The van der Waals surface area contributed by atoms with Gasteiger partial charge in [-0.3, -0.25) is 14.4 Å². The molecule has 6 unspecified atom stereocenters. The maximum absolute atomic E-state index is 12.9. The quantitative estimate of drug-likeness (QED) is 0.702. The van der Waals surface area contributed by atoms with E-state index in [0.29, 0.717) is 19.3 Å². The summed E-state index contributed by atoms with van der Waals surface area (Å²) in [6, 6.07) is 0. The molecule has 0 aromatic carbocycles. The smallest absolute Gasteiger partial charge is 0.303 e. The van der Waals surface area contributed by atoms with E-state index in [9.17, 15) is 24.6 Å². The zero-order valence-electron chi connectivity index (χ0n) is 17.3. The second-order valence-corrected chi connectivity index (χ2v) is 9.75. The number of aliphatic hydroxyl groups excluding tert-OH is 2. The Hall–Kier alpha value is -1.79. The van der Waals surface area contributed by atoms with Crippen molar-refractivity contribution in [2.45, 2.75) is 64.6 Å². The number of fused-ring (bicyclic) bond motifs is 5. The molecule has 6 heteroatoms. The molecule has 4 aliphatic carbocycles. The van der Waals surface area contributed by atoms with Gasteiger partial charge in [0.15, 0.2) is 11.4 Å². The summed E-state index contributed by atoms with van der Waals surface area (Å²) in [5.41, 5.74) is -1.43. The Bertz CT molecular complexity index is 827. The standard InChI is InChI=1S/C23H30O6/c1-13(25)29-23(19(28)12-24)9-7-17-16-5-4-14-10-15(26)6-8-21(14,2)20(16)18(27)11-22(17,23)3/h6,8,10,16-18,20,24,27H,4-5,7,9,11-12H2,1-3H3/t16?,17?,18?,20?,21?,22?,23-/m0/s1. The van der Waals surface area contributed by atoms with E-state index < -0.39 is 35.5 Å². The van der Waals surface area contributed by atoms with Crippen molar-refractivity contribution in [3.05, 3.63) is 23.8 Å². The first-order valence-corrected chi connectivity index (χ1v) is 10.5. The molecular formula is C23H30O6. The predicted octanol–water partition coefficient (Wildman–Crippen LogP) is 2.13. The van der Waals surface area contributed by atoms with Crippen molar-refractivity contribution in [3.8, 4) is 0 Å². The Balaban J connectivity index is 1.77. The molecule has 29 heavy (non-hydrogen) atoms. The lowest BCUT2D eigenvalue weighted by atomic mass is 9.46. The molecule has 0 aliphatic heterocycles. The minimum Gasteiger partial charge on any atom is -0.451 e. The molecule has 0 bridgehead atoms. The van der Waals surface area contributed by atoms with Crippen molar-refractivity contribution < 1.29 is 29.3 Å². The zero-order valence-corrected chi connectivity index (χ0v) is 17.3. The molecule has 4 rings (SSSR count). The van der Waals surface area contributed by atoms with E-state index in [2.05, 4.69) is 6.92 Å². The molecule has 7 atom stereocenters. The molecule has 0 saturated heterocycles. The predicted molar refractivity (Wildman–Crippen MR) is 105 cm³/mol. The minimum atomic E-state index is -1.39. The van der Waals surface area contributed by atoms with Crippen LogP contribution in [0.25, 0.3) is 0 Å². The summed E-state index contributed by atoms with van der Waals surface area (Å²) < 4.78 is 5.67. The lowest BCUT2D eigenvalue weighted by molar-refractivity contribution is -0.198. The van der Waals surface area contributed by atoms with Crippen LogP contribution in [0, 0.1) is 28.6 Å². The van der Waals surface area contributed by atoms with Crippen LogP contribution in [0.2, 0.25) is 0 Å². The average Bonchev–Trinajstić information content (AvgIpc) is 2.93. The number of allylic oxidation sites excluding steroid dienone is 4. The van der Waals surface area contributed by atoms with E-state index in [1.807, 2.05) is 13.0 Å². The molecular weight excluding hydrogens is 372 g/mol. The molecule has 0 aromatic heterocycles. The Morgan fingerprint density at radius 1 is 1.28 bits per heavy atom. The average molecular weight is 402 g/mol. The Morgan fingerprint density at radius 3 is 2.66 bits per heavy atom. The van der Waals surface area contributed by atoms with E-state index in [1.54, 1.807) is 12.2 Å². The van der Waals surface area contributed by atoms with Crippen molar-refractivity contribution in [3.63, 3.8) is 0 Å². The fourth-order valence-electron chi connectivity index (χ4n) is 7.37. The lowest BCUT2D eigenvalue weighted by Gasteiger charge is -2.59. The first-order valence-electron chi connectivity index (χ1n) is 10.5. The van der Waals surface area contributed by atoms with E-state index in [1.165, 1.54) is 6.92 Å². The highest BCUT2D eigenvalue weighted by Crippen LogP contribution is 2.67. The molecule has 2 N–H and O–H groups in total. The van der Waals surface area contributed by atoms with Gasteiger partial charge in [0.05, 0.1) is 6.10 Å². The Kier molecular flexibility index (Phi) is 4.67. The van der Waals surface area contributed by atoms with Crippen molar-refractivity contribution in [1.82, 2.24) is 0 Å². The van der Waals surface area contributed by atoms with Crippen molar-refractivity contribution in [1.29, 1.82) is 0 Å². The SMILES string of the molecule is CC(=O)O[C@]1(C(=O)CO)CCC2C3CCC4=CC(=O)C=CC4(C)C3C(O)CC21C. The van der Waals surface area contributed by atoms with E-state index in [4.69, 9.17) is 4.74 Å². The maximum atomic E-state index is 12.9. The first kappa shape index (κ1) is 20.5. The molecule has 0 spiro atoms. The van der Waals surface area contributed by atoms with E-state index >= 15 is 0 Å². The first-order chi connectivity index (χ1) is 13.6. The largest absolute Gasteiger partial charge is 0.451 e. The van der Waals surface area contributed by atoms with E-state index in [-0.39, 0.29) is 29.0 Å². The summed E-state index contributed by atoms with van der Waals surface area (Å²) in [5.74, 6) is -0.839. The van der Waals surface area contributed by atoms with Gasteiger partial charge in [0, 0.05) is 23.7 Å². The molecule has 0 heterocycles. The number of hydrogen-bond donors (Lipinski definition) is 2. The van der Waals surface area contributed by atoms with Crippen LogP contribution < -0.4 is 0 Å². The molecule has 0 radical (unpaired) electrons. The topological polar surface area (TPSA) is 101 Å². The number of ketones is 2. The van der Waals surface area contributed by atoms with Crippen LogP contribution in [0.5, 0.6) is 0 Å². The zero-order chi connectivity index (χ0) is 21.2. The van der Waals surface area contributed by atoms with Crippen LogP contribution in [0.4, 0.5) is 0 Å². The maximum Gasteiger partial charge on any atom is 0.303 e. The fraction of sp³-hybridized carbons (Fsp3) is 0.696. The van der Waals surface area contributed by atoms with Gasteiger partial charge in [-0.05, 0) is 56.1 Å². The van der Waals surface area contributed by atoms with E-state index in [0.717, 1.165) is 18.4 Å². The van der Waals surface area contributed by atoms with Gasteiger partial charge in [-0.25, -0.2) is 0 Å². The summed E-state index contributed by atoms with van der Waals surface area (Å²) in [6.07, 6.45) is 7.56. The van der Waals surface area contributed by atoms with Crippen LogP contribution in [0.1, 0.15) is 52.9 Å². The van der Waals surface area contributed by atoms with Gasteiger partial charge in [-0.1, -0.05) is 25.5 Å². The second kappa shape index (κ2) is 6.61. The highest BCUT2D eigenvalue weighted by atomic mass is 16.6. The van der Waals surface area contributed by atoms with Gasteiger partial charge >= 0.3 is 5.97 Å². The summed E-state index contributed by atoms with van der Waals surface area (Å²) in [6.45, 7) is 4.63. The lowest BCUT2D eigenvalue weighted by Crippen LogP contribution is -2.62. The van der Waals surface area contributed by atoms with Gasteiger partial charge < -0.3 is 14.9 Å². The summed E-state index contributed by atoms with van der Waals surface area (Å²) in [4.78, 5) is 36.7. The molecule has 158 valence electrons. The summed E-state index contributed by atoms with van der Waals surface area (Å²) in [5, 5.41) is 21.0. The second-order valence-electron chi connectivity index (χ2n) is 9.75. The number of carbonyl (C=O) groups is 3. The van der Waals surface area contributed by atoms with Gasteiger partial charge in [-0.15, -0.1) is 0 Å². The van der Waals surface area contributed by atoms with Crippen LogP contribution in [0.15, 0.2) is 23.8 Å². The van der Waals surface area contributed by atoms with Gasteiger partial charge in [0.1, 0.15) is 6.61 Å². The van der Waals surface area contributed by atoms with Crippen LogP contribution in [-0.4, -0.2) is 46.1 Å². The van der Waals surface area contributed by atoms with Crippen LogP contribution >= 0.6 is 0 Å². The van der Waals surface area contributed by atoms with Crippen molar-refractivity contribution >= 4 is 17.5 Å². The van der Waals surface area contributed by atoms with Crippen molar-refractivity contribution in [2.24, 2.45) is 28.6 Å². The third-order valence-corrected chi connectivity index (χ3v) is 8.53. The Morgan fingerprint density at radius 2 is 2.00 bits per heavy atom. The third kappa shape index (κ3) is 2.65. The number of ether oxygens (including phenoxy) is 1. The van der Waals surface area contributed by atoms with Gasteiger partial charge in [0.2, 0.25) is 5.78 Å². The molecule has 3 fully saturated rings. The third-order valence-electron chi connectivity index (χ3n) is 8.53. The molecule has 6 nitrogen and oxygen atoms in total. The molecule has 3 saturated carbocycles. The molecule has 0 aromatic rings. The summed E-state index contributed by atoms with van der Waals surface area (Å²) >= 11 is 0. The fourth-order valence-corrected chi connectivity index (χ4v) is 7.37. The highest BCUT2D eigenvalue weighted by molar-refractivity contribution is 6.01. The van der Waals surface area contributed by atoms with Crippen molar-refractivity contribution in [2.75, 3.05) is 6.61 Å². The summed E-state index contributed by atoms with van der Waals surface area (Å²) in [7, 11) is 0. The number of rotatable bonds is 3. The molecule has 0 amide bonds. The van der Waals surface area contributed by atoms with Crippen LogP contribution in [-0.2, 0) is 19.1 Å². The van der Waals surface area contributed by atoms with Gasteiger partial charge in [-0.2, -0.15) is 0 Å². The monoisotopic (exact) mass is 402 g/mol.